The first-order valence-corrected chi connectivity index (χ1v) is 6.58. The second-order valence-electron chi connectivity index (χ2n) is 5.12. The Bertz CT molecular complexity index is 432. The van der Waals surface area contributed by atoms with Gasteiger partial charge in [-0.1, -0.05) is 23.8 Å². The molecule has 0 radical (unpaired) electrons. The second-order valence-corrected chi connectivity index (χ2v) is 5.12. The summed E-state index contributed by atoms with van der Waals surface area (Å²) in [4.78, 5) is 13.0. The Morgan fingerprint density at radius 1 is 1.42 bits per heavy atom. The standard InChI is InChI=1S/C15H24N2O2/c1-11-5-6-12(2)13(9-11)7-8-17(4)10-14(16-3)15(18)19/h5-6,9,14,16H,7-8,10H2,1-4H3,(H,18,19). The molecule has 19 heavy (non-hydrogen) atoms. The van der Waals surface area contributed by atoms with Gasteiger partial charge in [-0.25, -0.2) is 0 Å². The van der Waals surface area contributed by atoms with E-state index in [2.05, 4.69) is 42.3 Å². The Kier molecular flexibility index (Phi) is 5.99. The van der Waals surface area contributed by atoms with Crippen molar-refractivity contribution in [2.75, 3.05) is 27.2 Å². The highest BCUT2D eigenvalue weighted by atomic mass is 16.4. The highest BCUT2D eigenvalue weighted by molar-refractivity contribution is 5.73. The van der Waals surface area contributed by atoms with Crippen LogP contribution >= 0.6 is 0 Å². The molecule has 2 N–H and O–H groups in total. The summed E-state index contributed by atoms with van der Waals surface area (Å²) in [5, 5.41) is 11.8. The number of aliphatic carboxylic acids is 1. The zero-order valence-corrected chi connectivity index (χ0v) is 12.2. The van der Waals surface area contributed by atoms with E-state index < -0.39 is 12.0 Å². The summed E-state index contributed by atoms with van der Waals surface area (Å²) in [6.45, 7) is 5.57. The fourth-order valence-corrected chi connectivity index (χ4v) is 2.08. The Labute approximate surface area is 115 Å². The van der Waals surface area contributed by atoms with Crippen LogP contribution in [0.15, 0.2) is 18.2 Å². The number of carbonyl (C=O) groups is 1. The molecule has 0 aliphatic rings. The molecule has 1 rings (SSSR count). The molecule has 4 heteroatoms. The third-order valence-electron chi connectivity index (χ3n) is 3.41. The minimum Gasteiger partial charge on any atom is -0.480 e. The molecule has 0 heterocycles. The molecule has 1 aromatic carbocycles. The molecule has 106 valence electrons. The second kappa shape index (κ2) is 7.26. The van der Waals surface area contributed by atoms with Gasteiger partial charge in [0.05, 0.1) is 0 Å². The maximum absolute atomic E-state index is 10.9. The van der Waals surface area contributed by atoms with Crippen LogP contribution < -0.4 is 5.32 Å². The van der Waals surface area contributed by atoms with Gasteiger partial charge in [0.2, 0.25) is 0 Å². The lowest BCUT2D eigenvalue weighted by Crippen LogP contribution is -2.43. The molecule has 0 amide bonds. The number of aryl methyl sites for hydroxylation is 2. The van der Waals surface area contributed by atoms with Crippen molar-refractivity contribution in [1.82, 2.24) is 10.2 Å². The molecule has 0 bridgehead atoms. The summed E-state index contributed by atoms with van der Waals surface area (Å²) < 4.78 is 0. The molecule has 0 saturated carbocycles. The van der Waals surface area contributed by atoms with E-state index in [9.17, 15) is 4.79 Å². The summed E-state index contributed by atoms with van der Waals surface area (Å²) in [6, 6.07) is 5.95. The zero-order valence-electron chi connectivity index (χ0n) is 12.2. The van der Waals surface area contributed by atoms with Gasteiger partial charge in [-0.05, 0) is 45.5 Å². The topological polar surface area (TPSA) is 52.6 Å². The largest absolute Gasteiger partial charge is 0.480 e. The lowest BCUT2D eigenvalue weighted by molar-refractivity contribution is -0.139. The van der Waals surface area contributed by atoms with E-state index in [1.54, 1.807) is 7.05 Å². The molecule has 1 atom stereocenters. The average Bonchev–Trinajstić information content (AvgIpc) is 2.36. The zero-order chi connectivity index (χ0) is 14.4. The molecular formula is C15H24N2O2. The molecule has 4 nitrogen and oxygen atoms in total. The van der Waals surface area contributed by atoms with Gasteiger partial charge in [-0.15, -0.1) is 0 Å². The molecule has 1 aromatic rings. The summed E-state index contributed by atoms with van der Waals surface area (Å²) in [5.74, 6) is -0.805. The summed E-state index contributed by atoms with van der Waals surface area (Å²) in [5.41, 5.74) is 3.90. The highest BCUT2D eigenvalue weighted by Gasteiger charge is 2.16. The predicted molar refractivity (Wildman–Crippen MR) is 77.6 cm³/mol. The molecule has 0 fully saturated rings. The van der Waals surface area contributed by atoms with Crippen molar-refractivity contribution in [2.24, 2.45) is 0 Å². The first-order valence-electron chi connectivity index (χ1n) is 6.58. The van der Waals surface area contributed by atoms with Crippen LogP contribution in [0, 0.1) is 13.8 Å². The highest BCUT2D eigenvalue weighted by Crippen LogP contribution is 2.11. The number of likely N-dealkylation sites (N-methyl/N-ethyl adjacent to an activating group) is 2. The molecule has 0 spiro atoms. The van der Waals surface area contributed by atoms with Crippen LogP contribution in [0.4, 0.5) is 0 Å². The van der Waals surface area contributed by atoms with Crippen LogP contribution in [0.25, 0.3) is 0 Å². The Balaban J connectivity index is 2.52. The van der Waals surface area contributed by atoms with Crippen molar-refractivity contribution in [3.8, 4) is 0 Å². The van der Waals surface area contributed by atoms with Gasteiger partial charge in [0.1, 0.15) is 6.04 Å². The molecule has 0 aromatic heterocycles. The van der Waals surface area contributed by atoms with Gasteiger partial charge < -0.3 is 15.3 Å². The molecule has 0 aliphatic carbocycles. The molecule has 1 unspecified atom stereocenters. The Morgan fingerprint density at radius 3 is 2.68 bits per heavy atom. The van der Waals surface area contributed by atoms with Crippen molar-refractivity contribution in [3.63, 3.8) is 0 Å². The van der Waals surface area contributed by atoms with Crippen LogP contribution in [0.1, 0.15) is 16.7 Å². The average molecular weight is 264 g/mol. The summed E-state index contributed by atoms with van der Waals surface area (Å²) in [7, 11) is 3.63. The first-order chi connectivity index (χ1) is 8.93. The SMILES string of the molecule is CNC(CN(C)CCc1cc(C)ccc1C)C(=O)O. The van der Waals surface area contributed by atoms with E-state index >= 15 is 0 Å². The van der Waals surface area contributed by atoms with Crippen molar-refractivity contribution in [3.05, 3.63) is 34.9 Å². The summed E-state index contributed by atoms with van der Waals surface area (Å²) >= 11 is 0. The lowest BCUT2D eigenvalue weighted by atomic mass is 10.0. The quantitative estimate of drug-likeness (QED) is 0.782. The van der Waals surface area contributed by atoms with Crippen LogP contribution in [0.2, 0.25) is 0 Å². The van der Waals surface area contributed by atoms with Crippen molar-refractivity contribution in [1.29, 1.82) is 0 Å². The number of rotatable bonds is 7. The van der Waals surface area contributed by atoms with Crippen molar-refractivity contribution in [2.45, 2.75) is 26.3 Å². The van der Waals surface area contributed by atoms with E-state index in [1.165, 1.54) is 16.7 Å². The van der Waals surface area contributed by atoms with Crippen LogP contribution in [0.3, 0.4) is 0 Å². The fraction of sp³-hybridized carbons (Fsp3) is 0.533. The summed E-state index contributed by atoms with van der Waals surface area (Å²) in [6.07, 6.45) is 0.945. The monoisotopic (exact) mass is 264 g/mol. The fourth-order valence-electron chi connectivity index (χ4n) is 2.08. The van der Waals surface area contributed by atoms with Gasteiger partial charge in [0, 0.05) is 13.1 Å². The number of hydrogen-bond acceptors (Lipinski definition) is 3. The van der Waals surface area contributed by atoms with Gasteiger partial charge in [-0.3, -0.25) is 4.79 Å². The van der Waals surface area contributed by atoms with Gasteiger partial charge in [-0.2, -0.15) is 0 Å². The lowest BCUT2D eigenvalue weighted by Gasteiger charge is -2.21. The first kappa shape index (κ1) is 15.7. The third-order valence-corrected chi connectivity index (χ3v) is 3.41. The van der Waals surface area contributed by atoms with Crippen molar-refractivity contribution < 1.29 is 9.90 Å². The van der Waals surface area contributed by atoms with E-state index in [-0.39, 0.29) is 0 Å². The number of carboxylic acid groups (broad SMARTS) is 1. The smallest absolute Gasteiger partial charge is 0.322 e. The predicted octanol–water partition coefficient (Wildman–Crippen LogP) is 1.45. The number of carboxylic acids is 1. The Morgan fingerprint density at radius 2 is 2.11 bits per heavy atom. The van der Waals surface area contributed by atoms with E-state index in [1.807, 2.05) is 7.05 Å². The normalized spacial score (nSPS) is 12.7. The number of hydrogen-bond donors (Lipinski definition) is 2. The van der Waals surface area contributed by atoms with E-state index in [0.29, 0.717) is 6.54 Å². The minimum absolute atomic E-state index is 0.511. The van der Waals surface area contributed by atoms with Gasteiger partial charge in [0.25, 0.3) is 0 Å². The number of nitrogens with zero attached hydrogens (tertiary/aromatic N) is 1. The van der Waals surface area contributed by atoms with Crippen LogP contribution in [0.5, 0.6) is 0 Å². The molecular weight excluding hydrogens is 240 g/mol. The third kappa shape index (κ3) is 5.01. The number of benzene rings is 1. The van der Waals surface area contributed by atoms with Gasteiger partial charge >= 0.3 is 5.97 Å². The molecule has 0 saturated heterocycles. The number of nitrogens with one attached hydrogen (secondary N) is 1. The van der Waals surface area contributed by atoms with Crippen LogP contribution in [-0.4, -0.2) is 49.2 Å². The van der Waals surface area contributed by atoms with E-state index in [4.69, 9.17) is 5.11 Å². The van der Waals surface area contributed by atoms with Crippen LogP contribution in [-0.2, 0) is 11.2 Å². The minimum atomic E-state index is -0.805. The van der Waals surface area contributed by atoms with Crippen molar-refractivity contribution >= 4 is 5.97 Å². The maximum atomic E-state index is 10.9. The maximum Gasteiger partial charge on any atom is 0.322 e. The van der Waals surface area contributed by atoms with Gasteiger partial charge in [0.15, 0.2) is 0 Å². The van der Waals surface area contributed by atoms with E-state index in [0.717, 1.165) is 13.0 Å². The molecule has 0 aliphatic heterocycles. The Hall–Kier alpha value is -1.39.